The van der Waals surface area contributed by atoms with E-state index in [2.05, 4.69) is 317 Å². The van der Waals surface area contributed by atoms with E-state index in [-0.39, 0.29) is 0 Å². The van der Waals surface area contributed by atoms with Gasteiger partial charge in [0.2, 0.25) is 0 Å². The zero-order valence-electron chi connectivity index (χ0n) is 44.2. The minimum Gasteiger partial charge on any atom is -0.309 e. The number of hydrogen-bond acceptors (Lipinski definition) is 1. The molecule has 4 aromatic heterocycles. The predicted molar refractivity (Wildman–Crippen MR) is 340 cm³/mol. The molecule has 4 heteroatoms. The van der Waals surface area contributed by atoms with Crippen LogP contribution in [-0.2, 0) is 0 Å². The second-order valence-electron chi connectivity index (χ2n) is 21.0. The van der Waals surface area contributed by atoms with Gasteiger partial charge in [0.1, 0.15) is 0 Å². The Morgan fingerprint density at radius 3 is 0.852 bits per heavy atom. The lowest BCUT2D eigenvalue weighted by molar-refractivity contribution is 1.18. The van der Waals surface area contributed by atoms with E-state index in [4.69, 9.17) is 4.98 Å². The molecule has 0 spiro atoms. The van der Waals surface area contributed by atoms with Crippen LogP contribution in [0.3, 0.4) is 0 Å². The molecular formula is C77H50N4. The van der Waals surface area contributed by atoms with Gasteiger partial charge in [0.15, 0.2) is 0 Å². The molecule has 12 aromatic carbocycles. The Morgan fingerprint density at radius 1 is 0.198 bits per heavy atom. The largest absolute Gasteiger partial charge is 0.309 e. The SMILES string of the molecule is c1ccc(-n2c3ccccc3c3cccc(-c4cccc(-c5cc(-c6cccc(-c7cccc8c9ccccc9n(-c9ccccc9)c78)c6)nc(-c6cccc(-c7cccc8c9ccccc9n(-c9ccccc9)c78)c6)c5)c4)c32)cc1. The molecule has 16 aromatic rings. The maximum atomic E-state index is 5.67. The van der Waals surface area contributed by atoms with Crippen LogP contribution in [0.1, 0.15) is 0 Å². The Balaban J connectivity index is 0.895. The van der Waals surface area contributed by atoms with Gasteiger partial charge in [-0.2, -0.15) is 0 Å². The van der Waals surface area contributed by atoms with Crippen LogP contribution in [0.25, 0.3) is 150 Å². The highest BCUT2D eigenvalue weighted by atomic mass is 15.0. The second-order valence-corrected chi connectivity index (χ2v) is 21.0. The van der Waals surface area contributed by atoms with Crippen LogP contribution in [0, 0.1) is 0 Å². The topological polar surface area (TPSA) is 27.7 Å². The summed E-state index contributed by atoms with van der Waals surface area (Å²) in [5.41, 5.74) is 23.5. The summed E-state index contributed by atoms with van der Waals surface area (Å²) < 4.78 is 7.27. The summed E-state index contributed by atoms with van der Waals surface area (Å²) in [4.78, 5) is 5.67. The van der Waals surface area contributed by atoms with Crippen molar-refractivity contribution < 1.29 is 0 Å². The van der Waals surface area contributed by atoms with Crippen LogP contribution in [-0.4, -0.2) is 18.7 Å². The van der Waals surface area contributed by atoms with E-state index in [0.29, 0.717) is 0 Å². The average Bonchev–Trinajstić information content (AvgIpc) is 4.32. The van der Waals surface area contributed by atoms with E-state index >= 15 is 0 Å². The fourth-order valence-electron chi connectivity index (χ4n) is 12.8. The molecule has 0 saturated heterocycles. The molecule has 0 atom stereocenters. The minimum atomic E-state index is 0.897. The van der Waals surface area contributed by atoms with Crippen LogP contribution in [0.4, 0.5) is 0 Å². The van der Waals surface area contributed by atoms with E-state index < -0.39 is 0 Å². The number of benzene rings is 12. The molecule has 0 aliphatic rings. The van der Waals surface area contributed by atoms with Crippen molar-refractivity contribution in [3.05, 3.63) is 303 Å². The number of pyridine rings is 1. The zero-order valence-corrected chi connectivity index (χ0v) is 44.2. The maximum absolute atomic E-state index is 5.67. The molecule has 0 bridgehead atoms. The fraction of sp³-hybridized carbons (Fsp3) is 0. The van der Waals surface area contributed by atoms with Crippen LogP contribution in [0.5, 0.6) is 0 Å². The number of aromatic nitrogens is 4. The average molecular weight is 1030 g/mol. The molecule has 0 unspecified atom stereocenters. The number of fused-ring (bicyclic) bond motifs is 9. The summed E-state index contributed by atoms with van der Waals surface area (Å²) in [5.74, 6) is 0. The molecule has 0 fully saturated rings. The summed E-state index contributed by atoms with van der Waals surface area (Å²) in [7, 11) is 0. The molecule has 4 heterocycles. The van der Waals surface area contributed by atoms with Crippen LogP contribution in [0.2, 0.25) is 0 Å². The first-order chi connectivity index (χ1) is 40.2. The van der Waals surface area contributed by atoms with Gasteiger partial charge in [0.25, 0.3) is 0 Å². The first-order valence-corrected chi connectivity index (χ1v) is 27.8. The monoisotopic (exact) mass is 1030 g/mol. The Bertz CT molecular complexity index is 4580. The quantitative estimate of drug-likeness (QED) is 0.142. The first kappa shape index (κ1) is 46.3. The van der Waals surface area contributed by atoms with Gasteiger partial charge in [-0.05, 0) is 113 Å². The van der Waals surface area contributed by atoms with Gasteiger partial charge in [-0.3, -0.25) is 0 Å². The van der Waals surface area contributed by atoms with Crippen molar-refractivity contribution in [2.75, 3.05) is 0 Å². The smallest absolute Gasteiger partial charge is 0.0715 e. The van der Waals surface area contributed by atoms with Crippen molar-refractivity contribution in [3.8, 4) is 84.1 Å². The number of para-hydroxylation sites is 9. The third-order valence-corrected chi connectivity index (χ3v) is 16.4. The summed E-state index contributed by atoms with van der Waals surface area (Å²) in [5, 5.41) is 7.36. The first-order valence-electron chi connectivity index (χ1n) is 27.8. The third-order valence-electron chi connectivity index (χ3n) is 16.4. The molecule has 378 valence electrons. The zero-order chi connectivity index (χ0) is 53.4. The highest BCUT2D eigenvalue weighted by Gasteiger charge is 2.21. The molecule has 0 saturated carbocycles. The third kappa shape index (κ3) is 7.64. The Kier molecular flexibility index (Phi) is 10.8. The normalized spacial score (nSPS) is 11.7. The number of nitrogens with zero attached hydrogens (tertiary/aromatic N) is 4. The van der Waals surface area contributed by atoms with Crippen molar-refractivity contribution in [3.63, 3.8) is 0 Å². The molecular weight excluding hydrogens is 981 g/mol. The molecule has 0 amide bonds. The molecule has 16 rings (SSSR count). The van der Waals surface area contributed by atoms with E-state index in [1.807, 2.05) is 0 Å². The van der Waals surface area contributed by atoms with Crippen molar-refractivity contribution in [2.45, 2.75) is 0 Å². The summed E-state index contributed by atoms with van der Waals surface area (Å²) >= 11 is 0. The highest BCUT2D eigenvalue weighted by Crippen LogP contribution is 2.44. The molecule has 4 nitrogen and oxygen atoms in total. The van der Waals surface area contributed by atoms with Crippen molar-refractivity contribution in [1.82, 2.24) is 18.7 Å². The van der Waals surface area contributed by atoms with Gasteiger partial charge >= 0.3 is 0 Å². The van der Waals surface area contributed by atoms with Crippen molar-refractivity contribution in [1.29, 1.82) is 0 Å². The van der Waals surface area contributed by atoms with Crippen molar-refractivity contribution >= 4 is 65.4 Å². The second kappa shape index (κ2) is 19.0. The van der Waals surface area contributed by atoms with E-state index in [9.17, 15) is 0 Å². The van der Waals surface area contributed by atoms with Gasteiger partial charge in [-0.1, -0.05) is 218 Å². The van der Waals surface area contributed by atoms with Gasteiger partial charge in [-0.15, -0.1) is 0 Å². The lowest BCUT2D eigenvalue weighted by Crippen LogP contribution is -1.96. The van der Waals surface area contributed by atoms with Crippen molar-refractivity contribution in [2.24, 2.45) is 0 Å². The highest BCUT2D eigenvalue weighted by molar-refractivity contribution is 6.16. The van der Waals surface area contributed by atoms with Crippen LogP contribution in [0.15, 0.2) is 303 Å². The minimum absolute atomic E-state index is 0.897. The summed E-state index contributed by atoms with van der Waals surface area (Å²) in [6, 6.07) is 110. The van der Waals surface area contributed by atoms with Gasteiger partial charge in [0.05, 0.1) is 44.5 Å². The van der Waals surface area contributed by atoms with Gasteiger partial charge in [0, 0.05) is 77.2 Å². The van der Waals surface area contributed by atoms with E-state index in [1.54, 1.807) is 0 Å². The lowest BCUT2D eigenvalue weighted by atomic mass is 9.94. The number of rotatable bonds is 9. The van der Waals surface area contributed by atoms with Crippen LogP contribution >= 0.6 is 0 Å². The molecule has 81 heavy (non-hydrogen) atoms. The summed E-state index contributed by atoms with van der Waals surface area (Å²) in [6.45, 7) is 0. The standard InChI is InChI=1S/C77H50N4/c1-4-28-58(29-5-1)79-72-43-13-10-34-64(72)67-40-19-37-61(75(67)79)52-23-16-22-51(46-52)57-49-70(55-26-17-24-53(47-55)62-38-20-41-68-65-35-11-14-44-73(65)80(76(62)68)59-30-6-2-7-31-59)78-71(50-57)56-27-18-25-54(48-56)63-39-21-42-69-66-36-12-15-45-74(66)81(77(63)69)60-32-8-3-9-33-60/h1-50H. The van der Waals surface area contributed by atoms with E-state index in [0.717, 1.165) is 78.5 Å². The van der Waals surface area contributed by atoms with Gasteiger partial charge < -0.3 is 13.7 Å². The molecule has 0 aliphatic carbocycles. The maximum Gasteiger partial charge on any atom is 0.0715 e. The van der Waals surface area contributed by atoms with Crippen LogP contribution < -0.4 is 0 Å². The molecule has 0 N–H and O–H groups in total. The number of hydrogen-bond donors (Lipinski definition) is 0. The lowest BCUT2D eigenvalue weighted by Gasteiger charge is -2.15. The predicted octanol–water partition coefficient (Wildman–Crippen LogP) is 20.4. The molecule has 0 radical (unpaired) electrons. The van der Waals surface area contributed by atoms with Gasteiger partial charge in [-0.25, -0.2) is 4.98 Å². The Morgan fingerprint density at radius 2 is 0.481 bits per heavy atom. The fourth-order valence-corrected chi connectivity index (χ4v) is 12.8. The Hall–Kier alpha value is -10.8. The Labute approximate surface area is 469 Å². The summed E-state index contributed by atoms with van der Waals surface area (Å²) in [6.07, 6.45) is 0. The van der Waals surface area contributed by atoms with E-state index in [1.165, 1.54) is 71.0 Å². The molecule has 0 aliphatic heterocycles.